The average Bonchev–Trinajstić information content (AvgIpc) is 2.91. The zero-order valence-corrected chi connectivity index (χ0v) is 11.0. The van der Waals surface area contributed by atoms with Crippen molar-refractivity contribution in [3.63, 3.8) is 0 Å². The van der Waals surface area contributed by atoms with E-state index in [-0.39, 0.29) is 17.6 Å². The van der Waals surface area contributed by atoms with Crippen molar-refractivity contribution >= 4 is 5.90 Å². The van der Waals surface area contributed by atoms with Crippen molar-refractivity contribution in [2.45, 2.75) is 18.5 Å². The van der Waals surface area contributed by atoms with Gasteiger partial charge in [0.2, 0.25) is 5.90 Å². The molecule has 0 fully saturated rings. The molecule has 3 rings (SSSR count). The Labute approximate surface area is 118 Å². The number of benzene rings is 1. The van der Waals surface area contributed by atoms with Crippen LogP contribution in [0.5, 0.6) is 0 Å². The Balaban J connectivity index is 2.13. The second-order valence-electron chi connectivity index (χ2n) is 4.56. The summed E-state index contributed by atoms with van der Waals surface area (Å²) in [6.45, 7) is 0. The molecule has 0 bridgehead atoms. The van der Waals surface area contributed by atoms with Crippen LogP contribution in [-0.2, 0) is 10.9 Å². The lowest BCUT2D eigenvalue weighted by Crippen LogP contribution is -2.23. The summed E-state index contributed by atoms with van der Waals surface area (Å²) in [7, 11) is 1.38. The van der Waals surface area contributed by atoms with Crippen molar-refractivity contribution in [1.29, 1.82) is 0 Å². The minimum Gasteiger partial charge on any atom is -0.483 e. The fraction of sp³-hybridized carbons (Fsp3) is 0.308. The van der Waals surface area contributed by atoms with Crippen LogP contribution in [-0.4, -0.2) is 27.9 Å². The standard InChI is InChI=1S/C13H11F3N4O/c1-21-10-7-9(8-5-3-2-4-6-8)11-17-18-12(13(14,15)16)20(11)19-10/h2-6,9H,7H2,1H3. The van der Waals surface area contributed by atoms with Gasteiger partial charge in [0.05, 0.1) is 13.0 Å². The molecule has 1 aliphatic heterocycles. The molecule has 1 aromatic heterocycles. The highest BCUT2D eigenvalue weighted by atomic mass is 19.4. The summed E-state index contributed by atoms with van der Waals surface area (Å²) in [5.74, 6) is -1.15. The molecule has 21 heavy (non-hydrogen) atoms. The molecule has 1 aliphatic rings. The Morgan fingerprint density at radius 2 is 1.90 bits per heavy atom. The van der Waals surface area contributed by atoms with Gasteiger partial charge in [0.25, 0.3) is 5.82 Å². The van der Waals surface area contributed by atoms with Gasteiger partial charge >= 0.3 is 6.18 Å². The first-order valence-electron chi connectivity index (χ1n) is 6.20. The molecule has 1 aromatic carbocycles. The van der Waals surface area contributed by atoms with Gasteiger partial charge in [0.1, 0.15) is 0 Å². The number of alkyl halides is 3. The third-order valence-electron chi connectivity index (χ3n) is 3.26. The number of hydrogen-bond acceptors (Lipinski definition) is 4. The Hall–Kier alpha value is -2.38. The van der Waals surface area contributed by atoms with Crippen LogP contribution in [0, 0.1) is 0 Å². The maximum absolute atomic E-state index is 12.9. The Morgan fingerprint density at radius 3 is 2.52 bits per heavy atom. The van der Waals surface area contributed by atoms with Crippen molar-refractivity contribution in [1.82, 2.24) is 14.9 Å². The van der Waals surface area contributed by atoms with Crippen LogP contribution in [0.3, 0.4) is 0 Å². The van der Waals surface area contributed by atoms with E-state index in [1.54, 1.807) is 0 Å². The molecule has 1 atom stereocenters. The number of fused-ring (bicyclic) bond motifs is 1. The van der Waals surface area contributed by atoms with Gasteiger partial charge in [-0.25, -0.2) is 0 Å². The highest BCUT2D eigenvalue weighted by molar-refractivity contribution is 5.78. The van der Waals surface area contributed by atoms with Gasteiger partial charge in [0.15, 0.2) is 5.82 Å². The summed E-state index contributed by atoms with van der Waals surface area (Å²) in [4.78, 5) is 0. The molecule has 110 valence electrons. The van der Waals surface area contributed by atoms with E-state index in [1.807, 2.05) is 30.3 Å². The van der Waals surface area contributed by atoms with Crippen LogP contribution in [0.25, 0.3) is 0 Å². The van der Waals surface area contributed by atoms with Crippen LogP contribution in [0.4, 0.5) is 13.2 Å². The average molecular weight is 296 g/mol. The van der Waals surface area contributed by atoms with Crippen LogP contribution in [0.15, 0.2) is 35.4 Å². The van der Waals surface area contributed by atoms with E-state index in [0.717, 1.165) is 10.2 Å². The minimum atomic E-state index is -4.62. The van der Waals surface area contributed by atoms with E-state index < -0.39 is 12.0 Å². The SMILES string of the molecule is COC1=Nn2c(nnc2C(F)(F)F)C(c2ccccc2)C1. The van der Waals surface area contributed by atoms with Gasteiger partial charge in [0, 0.05) is 6.42 Å². The van der Waals surface area contributed by atoms with E-state index in [2.05, 4.69) is 15.3 Å². The van der Waals surface area contributed by atoms with Gasteiger partial charge in [-0.15, -0.1) is 15.3 Å². The zero-order chi connectivity index (χ0) is 15.0. The first-order valence-corrected chi connectivity index (χ1v) is 6.20. The van der Waals surface area contributed by atoms with E-state index in [1.165, 1.54) is 7.11 Å². The summed E-state index contributed by atoms with van der Waals surface area (Å²) in [6.07, 6.45) is -4.28. The van der Waals surface area contributed by atoms with Crippen molar-refractivity contribution in [3.8, 4) is 0 Å². The largest absolute Gasteiger partial charge is 0.483 e. The number of methoxy groups -OCH3 is 1. The van der Waals surface area contributed by atoms with Crippen LogP contribution >= 0.6 is 0 Å². The number of halogens is 3. The first kappa shape index (κ1) is 13.6. The molecule has 5 nitrogen and oxygen atoms in total. The van der Waals surface area contributed by atoms with E-state index >= 15 is 0 Å². The normalized spacial score (nSPS) is 18.1. The zero-order valence-electron chi connectivity index (χ0n) is 11.0. The third kappa shape index (κ3) is 2.37. The maximum atomic E-state index is 12.9. The van der Waals surface area contributed by atoms with Gasteiger partial charge in [-0.05, 0) is 5.56 Å². The number of aromatic nitrogens is 3. The molecule has 2 heterocycles. The lowest BCUT2D eigenvalue weighted by atomic mass is 9.94. The smallest absolute Gasteiger partial charge is 0.453 e. The predicted molar refractivity (Wildman–Crippen MR) is 67.8 cm³/mol. The first-order chi connectivity index (χ1) is 10.0. The van der Waals surface area contributed by atoms with Crippen LogP contribution in [0.2, 0.25) is 0 Å². The predicted octanol–water partition coefficient (Wildman–Crippen LogP) is 2.64. The van der Waals surface area contributed by atoms with Crippen molar-refractivity contribution in [2.24, 2.45) is 5.10 Å². The van der Waals surface area contributed by atoms with Crippen LogP contribution < -0.4 is 0 Å². The lowest BCUT2D eigenvalue weighted by molar-refractivity contribution is -0.147. The second kappa shape index (κ2) is 4.87. The Bertz CT molecular complexity index is 678. The molecule has 0 radical (unpaired) electrons. The summed E-state index contributed by atoms with van der Waals surface area (Å²) < 4.78 is 44.6. The molecular formula is C13H11F3N4O. The van der Waals surface area contributed by atoms with Gasteiger partial charge in [-0.1, -0.05) is 30.3 Å². The highest BCUT2D eigenvalue weighted by Gasteiger charge is 2.41. The van der Waals surface area contributed by atoms with Gasteiger partial charge in [-0.2, -0.15) is 17.8 Å². The molecule has 0 aliphatic carbocycles. The molecule has 2 aromatic rings. The van der Waals surface area contributed by atoms with E-state index in [9.17, 15) is 13.2 Å². The van der Waals surface area contributed by atoms with E-state index in [4.69, 9.17) is 4.74 Å². The Morgan fingerprint density at radius 1 is 1.19 bits per heavy atom. The number of nitrogens with zero attached hydrogens (tertiary/aromatic N) is 4. The molecular weight excluding hydrogens is 285 g/mol. The monoisotopic (exact) mass is 296 g/mol. The summed E-state index contributed by atoms with van der Waals surface area (Å²) in [5.41, 5.74) is 0.837. The highest BCUT2D eigenvalue weighted by Crippen LogP contribution is 2.35. The molecule has 1 unspecified atom stereocenters. The van der Waals surface area contributed by atoms with Crippen molar-refractivity contribution in [2.75, 3.05) is 7.11 Å². The number of hydrogen-bond donors (Lipinski definition) is 0. The quantitative estimate of drug-likeness (QED) is 0.813. The van der Waals surface area contributed by atoms with Gasteiger partial charge < -0.3 is 4.74 Å². The molecule has 0 N–H and O–H groups in total. The maximum Gasteiger partial charge on any atom is 0.453 e. The number of rotatable bonds is 1. The van der Waals surface area contributed by atoms with Crippen LogP contribution in [0.1, 0.15) is 29.6 Å². The fourth-order valence-corrected chi connectivity index (χ4v) is 2.28. The molecule has 0 spiro atoms. The molecule has 0 amide bonds. The van der Waals surface area contributed by atoms with Crippen molar-refractivity contribution in [3.05, 3.63) is 47.5 Å². The number of ether oxygens (including phenoxy) is 1. The summed E-state index contributed by atoms with van der Waals surface area (Å²) in [6, 6.07) is 9.13. The van der Waals surface area contributed by atoms with Crippen molar-refractivity contribution < 1.29 is 17.9 Å². The van der Waals surface area contributed by atoms with Gasteiger partial charge in [-0.3, -0.25) is 0 Å². The summed E-state index contributed by atoms with van der Waals surface area (Å²) >= 11 is 0. The molecule has 8 heteroatoms. The Kier molecular flexibility index (Phi) is 3.15. The summed E-state index contributed by atoms with van der Waals surface area (Å²) in [5, 5.41) is 10.8. The lowest BCUT2D eigenvalue weighted by Gasteiger charge is -2.22. The fourth-order valence-electron chi connectivity index (χ4n) is 2.28. The topological polar surface area (TPSA) is 52.3 Å². The van der Waals surface area contributed by atoms with E-state index in [0.29, 0.717) is 6.42 Å². The third-order valence-corrected chi connectivity index (χ3v) is 3.26. The minimum absolute atomic E-state index is 0.161. The second-order valence-corrected chi connectivity index (χ2v) is 4.56. The molecule has 0 saturated carbocycles. The molecule has 0 saturated heterocycles.